The Bertz CT molecular complexity index is 707. The predicted octanol–water partition coefficient (Wildman–Crippen LogP) is 2.02. The second kappa shape index (κ2) is 8.35. The zero-order chi connectivity index (χ0) is 19.4. The number of methoxy groups -OCH3 is 2. The lowest BCUT2D eigenvalue weighted by Gasteiger charge is -2.41. The van der Waals surface area contributed by atoms with Crippen molar-refractivity contribution in [2.75, 3.05) is 34.4 Å². The third kappa shape index (κ3) is 3.84. The Hall–Kier alpha value is -2.00. The predicted molar refractivity (Wildman–Crippen MR) is 95.0 cm³/mol. The molecule has 8 heteroatoms. The summed E-state index contributed by atoms with van der Waals surface area (Å²) in [6.45, 7) is 3.44. The third-order valence-corrected chi connectivity index (χ3v) is 4.78. The van der Waals surface area contributed by atoms with Gasteiger partial charge in [-0.1, -0.05) is 29.4 Å². The molecule has 0 saturated carbocycles. The maximum Gasteiger partial charge on any atom is 0.302 e. The van der Waals surface area contributed by atoms with Gasteiger partial charge in [0.25, 0.3) is 0 Å². The molecule has 3 rings (SSSR count). The molecule has 148 valence electrons. The van der Waals surface area contributed by atoms with Crippen molar-refractivity contribution in [1.29, 1.82) is 0 Å². The van der Waals surface area contributed by atoms with E-state index in [4.69, 9.17) is 28.5 Å². The Morgan fingerprint density at radius 3 is 2.59 bits per heavy atom. The molecule has 1 aromatic rings. The number of rotatable bonds is 8. The van der Waals surface area contributed by atoms with Crippen LogP contribution in [0.1, 0.15) is 31.1 Å². The molecule has 0 unspecified atom stereocenters. The van der Waals surface area contributed by atoms with Gasteiger partial charge in [-0.25, -0.2) is 0 Å². The van der Waals surface area contributed by atoms with Crippen molar-refractivity contribution in [3.05, 3.63) is 35.4 Å². The number of benzene rings is 1. The minimum Gasteiger partial charge on any atom is -0.461 e. The molecule has 0 aromatic heterocycles. The van der Waals surface area contributed by atoms with Crippen LogP contribution in [0, 0.1) is 5.92 Å². The van der Waals surface area contributed by atoms with Gasteiger partial charge in [0.05, 0.1) is 11.6 Å². The van der Waals surface area contributed by atoms with Crippen molar-refractivity contribution in [3.8, 4) is 0 Å². The summed E-state index contributed by atoms with van der Waals surface area (Å²) in [6.07, 6.45) is -0.879. The van der Waals surface area contributed by atoms with Crippen LogP contribution in [0.5, 0.6) is 0 Å². The van der Waals surface area contributed by atoms with E-state index in [1.165, 1.54) is 6.92 Å². The first-order valence-electron chi connectivity index (χ1n) is 8.71. The first kappa shape index (κ1) is 19.8. The fourth-order valence-electron chi connectivity index (χ4n) is 3.62. The van der Waals surface area contributed by atoms with E-state index in [-0.39, 0.29) is 32.1 Å². The van der Waals surface area contributed by atoms with Crippen molar-refractivity contribution in [3.63, 3.8) is 0 Å². The zero-order valence-corrected chi connectivity index (χ0v) is 16.0. The van der Waals surface area contributed by atoms with Gasteiger partial charge in [-0.3, -0.25) is 4.79 Å². The average Bonchev–Trinajstić information content (AvgIpc) is 3.01. The summed E-state index contributed by atoms with van der Waals surface area (Å²) in [5, 5.41) is 4.32. The summed E-state index contributed by atoms with van der Waals surface area (Å²) in [4.78, 5) is 17.1. The van der Waals surface area contributed by atoms with E-state index < -0.39 is 17.8 Å². The van der Waals surface area contributed by atoms with Crippen LogP contribution in [-0.4, -0.2) is 57.8 Å². The van der Waals surface area contributed by atoms with Gasteiger partial charge in [0.2, 0.25) is 0 Å². The van der Waals surface area contributed by atoms with Gasteiger partial charge in [0.1, 0.15) is 32.4 Å². The highest BCUT2D eigenvalue weighted by Gasteiger charge is 2.56. The molecule has 0 fully saturated rings. The molecular formula is C19H25NO7. The van der Waals surface area contributed by atoms with Gasteiger partial charge in [0, 0.05) is 26.7 Å². The van der Waals surface area contributed by atoms with E-state index >= 15 is 0 Å². The van der Waals surface area contributed by atoms with Gasteiger partial charge < -0.3 is 28.5 Å². The number of hydrogen-bond acceptors (Lipinski definition) is 8. The molecule has 27 heavy (non-hydrogen) atoms. The summed E-state index contributed by atoms with van der Waals surface area (Å²) in [5.41, 5.74) is 1.72. The van der Waals surface area contributed by atoms with Crippen LogP contribution in [0.25, 0.3) is 0 Å². The highest BCUT2D eigenvalue weighted by atomic mass is 16.7. The van der Waals surface area contributed by atoms with Crippen LogP contribution < -0.4 is 0 Å². The Balaban J connectivity index is 2.01. The van der Waals surface area contributed by atoms with E-state index in [2.05, 4.69) is 5.16 Å². The number of hydrogen-bond donors (Lipinski definition) is 0. The molecule has 1 aromatic carbocycles. The first-order chi connectivity index (χ1) is 13.0. The second-order valence-electron chi connectivity index (χ2n) is 6.76. The van der Waals surface area contributed by atoms with Crippen molar-refractivity contribution in [1.82, 2.24) is 0 Å². The standard InChI is InChI=1S/C19H25NO7/c1-12(21)24-9-19(2)15-16(20-27-19)13-7-5-6-8-14(13)17(25-10-22-3)18(15)26-11-23-4/h5-8,15,17-18H,9-11H2,1-4H3/t15-,17-,18-,19-/m0/s1. The maximum absolute atomic E-state index is 11.4. The van der Waals surface area contributed by atoms with Crippen molar-refractivity contribution in [2.24, 2.45) is 11.1 Å². The molecule has 2 aliphatic rings. The Kier molecular flexibility index (Phi) is 6.11. The van der Waals surface area contributed by atoms with E-state index in [0.717, 1.165) is 16.8 Å². The van der Waals surface area contributed by atoms with Crippen molar-refractivity contribution >= 4 is 11.7 Å². The molecule has 0 amide bonds. The SMILES string of the molecule is COCO[C@@H]1[C@@H](OCOC)c2ccccc2C2=NO[C@@](C)(COC(C)=O)[C@@H]21. The van der Waals surface area contributed by atoms with Crippen LogP contribution in [-0.2, 0) is 33.3 Å². The lowest BCUT2D eigenvalue weighted by Crippen LogP contribution is -2.53. The van der Waals surface area contributed by atoms with Gasteiger partial charge in [-0.05, 0) is 12.5 Å². The summed E-state index contributed by atoms with van der Waals surface area (Å²) in [5.74, 6) is -0.699. The van der Waals surface area contributed by atoms with E-state index in [1.807, 2.05) is 31.2 Å². The Labute approximate surface area is 158 Å². The summed E-state index contributed by atoms with van der Waals surface area (Å²) in [7, 11) is 3.12. The average molecular weight is 379 g/mol. The number of esters is 1. The number of nitrogens with zero attached hydrogens (tertiary/aromatic N) is 1. The number of carbonyl (C=O) groups excluding carboxylic acids is 1. The highest BCUT2D eigenvalue weighted by Crippen LogP contribution is 2.46. The molecule has 8 nitrogen and oxygen atoms in total. The smallest absolute Gasteiger partial charge is 0.302 e. The van der Waals surface area contributed by atoms with E-state index in [1.54, 1.807) is 14.2 Å². The summed E-state index contributed by atoms with van der Waals surface area (Å²) < 4.78 is 27.5. The number of fused-ring (bicyclic) bond motifs is 3. The van der Waals surface area contributed by atoms with Crippen molar-refractivity contribution in [2.45, 2.75) is 31.7 Å². The van der Waals surface area contributed by atoms with Gasteiger partial charge in [-0.15, -0.1) is 0 Å². The van der Waals surface area contributed by atoms with Crippen LogP contribution >= 0.6 is 0 Å². The molecule has 0 saturated heterocycles. The molecule has 1 aliphatic carbocycles. The van der Waals surface area contributed by atoms with Crippen LogP contribution in [0.15, 0.2) is 29.4 Å². The van der Waals surface area contributed by atoms with Crippen molar-refractivity contribution < 1.29 is 33.3 Å². The Morgan fingerprint density at radius 2 is 1.89 bits per heavy atom. The quantitative estimate of drug-likeness (QED) is 0.505. The summed E-state index contributed by atoms with van der Waals surface area (Å²) >= 11 is 0. The van der Waals surface area contributed by atoms with Crippen LogP contribution in [0.3, 0.4) is 0 Å². The molecule has 0 bridgehead atoms. The van der Waals surface area contributed by atoms with E-state index in [0.29, 0.717) is 0 Å². The van der Waals surface area contributed by atoms with Gasteiger partial charge in [0.15, 0.2) is 5.60 Å². The van der Waals surface area contributed by atoms with E-state index in [9.17, 15) is 4.79 Å². The number of ether oxygens (including phenoxy) is 5. The van der Waals surface area contributed by atoms with Crippen LogP contribution in [0.4, 0.5) is 0 Å². The fourth-order valence-corrected chi connectivity index (χ4v) is 3.62. The number of carbonyl (C=O) groups is 1. The maximum atomic E-state index is 11.4. The molecule has 4 atom stereocenters. The fraction of sp³-hybridized carbons (Fsp3) is 0.579. The first-order valence-corrected chi connectivity index (χ1v) is 8.71. The molecule has 0 spiro atoms. The highest BCUT2D eigenvalue weighted by molar-refractivity contribution is 6.06. The summed E-state index contributed by atoms with van der Waals surface area (Å²) in [6, 6.07) is 7.81. The normalized spacial score (nSPS) is 28.7. The molecule has 0 radical (unpaired) electrons. The van der Waals surface area contributed by atoms with Gasteiger partial charge >= 0.3 is 5.97 Å². The minimum absolute atomic E-state index is 0.0476. The van der Waals surface area contributed by atoms with Gasteiger partial charge in [-0.2, -0.15) is 0 Å². The Morgan fingerprint density at radius 1 is 1.19 bits per heavy atom. The topological polar surface area (TPSA) is 84.8 Å². The molecular weight excluding hydrogens is 354 g/mol. The second-order valence-corrected chi connectivity index (χ2v) is 6.76. The molecule has 1 heterocycles. The zero-order valence-electron chi connectivity index (χ0n) is 16.0. The lowest BCUT2D eigenvalue weighted by atomic mass is 9.71. The lowest BCUT2D eigenvalue weighted by molar-refractivity contribution is -0.196. The van der Waals surface area contributed by atoms with Crippen LogP contribution in [0.2, 0.25) is 0 Å². The monoisotopic (exact) mass is 379 g/mol. The third-order valence-electron chi connectivity index (χ3n) is 4.78. The minimum atomic E-state index is -0.887. The molecule has 0 N–H and O–H groups in total. The largest absolute Gasteiger partial charge is 0.461 e. The molecule has 1 aliphatic heterocycles. The number of oxime groups is 1.